The summed E-state index contributed by atoms with van der Waals surface area (Å²) in [5.74, 6) is -1.43. The van der Waals surface area contributed by atoms with Gasteiger partial charge in [-0.15, -0.1) is 0 Å². The zero-order valence-corrected chi connectivity index (χ0v) is 39.0. The van der Waals surface area contributed by atoms with Gasteiger partial charge in [0.05, 0.1) is 25.6 Å². The summed E-state index contributed by atoms with van der Waals surface area (Å²) in [6.45, 7) is 24.9. The highest BCUT2D eigenvalue weighted by Crippen LogP contribution is 2.21. The predicted molar refractivity (Wildman–Crippen MR) is 230 cm³/mol. The highest BCUT2D eigenvalue weighted by atomic mass is 16.6. The average Bonchev–Trinajstić information content (AvgIpc) is 3.93. The maximum absolute atomic E-state index is 11.9. The van der Waals surface area contributed by atoms with Gasteiger partial charge in [0.25, 0.3) is 0 Å². The van der Waals surface area contributed by atoms with Crippen molar-refractivity contribution >= 4 is 42.1 Å². The van der Waals surface area contributed by atoms with Gasteiger partial charge in [0.2, 0.25) is 0 Å². The Hall–Kier alpha value is -5.39. The summed E-state index contributed by atoms with van der Waals surface area (Å²) in [7, 11) is 1.33. The number of ketones is 1. The van der Waals surface area contributed by atoms with E-state index in [1.165, 1.54) is 34.8 Å². The molecule has 0 aromatic heterocycles. The molecule has 0 aromatic rings. The smallest absolute Gasteiger partial charge is 0.411 e. The van der Waals surface area contributed by atoms with E-state index in [4.69, 9.17) is 29.2 Å². The lowest BCUT2D eigenvalue weighted by Crippen LogP contribution is -2.43. The van der Waals surface area contributed by atoms with Gasteiger partial charge in [0, 0.05) is 32.8 Å². The first kappa shape index (κ1) is 54.6. The van der Waals surface area contributed by atoms with Crippen LogP contribution in [0.4, 0.5) is 19.2 Å². The number of Topliss-reactive ketones (excluding diaryl/α,β-unsaturated/α-hetero) is 1. The summed E-state index contributed by atoms with van der Waals surface area (Å²) in [5.41, 5.74) is -2.14. The molecule has 4 rings (SSSR count). The van der Waals surface area contributed by atoms with Crippen LogP contribution in [0.1, 0.15) is 103 Å². The third-order valence-corrected chi connectivity index (χ3v) is 8.24. The second-order valence-electron chi connectivity index (χ2n) is 18.5. The number of aliphatic carboxylic acids is 1. The molecule has 0 radical (unpaired) electrons. The minimum atomic E-state index is -1.05. The molecule has 0 saturated carbocycles. The van der Waals surface area contributed by atoms with Crippen molar-refractivity contribution in [3.05, 3.63) is 48.6 Å². The van der Waals surface area contributed by atoms with E-state index in [-0.39, 0.29) is 49.5 Å². The highest BCUT2D eigenvalue weighted by Gasteiger charge is 2.35. The summed E-state index contributed by atoms with van der Waals surface area (Å²) < 4.78 is 25.4. The van der Waals surface area contributed by atoms with Crippen LogP contribution in [-0.4, -0.2) is 158 Å². The molecule has 350 valence electrons. The van der Waals surface area contributed by atoms with E-state index in [2.05, 4.69) is 4.74 Å². The number of nitrogens with zero attached hydrogens (tertiary/aromatic N) is 4. The van der Waals surface area contributed by atoms with Crippen LogP contribution < -0.4 is 0 Å². The molecule has 2 N–H and O–H groups in total. The monoisotopic (exact) mass is 878 g/mol. The molecular weight excluding hydrogens is 808 g/mol. The standard InChI is InChI=1S/C12H19NO4.C11H17NO3.C11H19NO3.C10H15NO4/c1-12(2,3)17-11(15)13-7-5-6-9(13)8-10(14)16-4;1-8(13)9-6-5-7-12(9)10(14)15-11(2,3)4;1-11(2,3)15-10(14)12-7-4-5-9(12)6-8-13;1-10(2,3)15-9(14)11-6-4-5-7(11)8(12)13/h5-6,9H,7-8H2,1-4H3;5-6,9H,7H2,1-4H3;4-5,9,13H,6-8H2,1-3H3;4-5,7H,6H2,1-3H3,(H,12,13)/t3*9-;7-/m0000/s1. The fraction of sp³-hybridized carbons (Fsp3) is 0.659. The second kappa shape index (κ2) is 23.7. The number of rotatable bonds is 6. The molecule has 0 aromatic carbocycles. The zero-order chi connectivity index (χ0) is 47.8. The molecule has 0 unspecified atom stereocenters. The van der Waals surface area contributed by atoms with Crippen LogP contribution in [0.15, 0.2) is 48.6 Å². The number of esters is 1. The van der Waals surface area contributed by atoms with Crippen LogP contribution in [-0.2, 0) is 38.1 Å². The van der Waals surface area contributed by atoms with Crippen LogP contribution in [0.2, 0.25) is 0 Å². The third-order valence-electron chi connectivity index (χ3n) is 8.24. The molecular formula is C44H70N4O14. The van der Waals surface area contributed by atoms with Crippen molar-refractivity contribution in [2.24, 2.45) is 0 Å². The number of ether oxygens (including phenoxy) is 5. The Morgan fingerprint density at radius 3 is 1.21 bits per heavy atom. The minimum Gasteiger partial charge on any atom is -0.479 e. The largest absolute Gasteiger partial charge is 0.479 e. The SMILES string of the molecule is CC(=O)[C@@H]1C=CCN1C(=O)OC(C)(C)C.CC(C)(C)OC(=O)N1CC=C[C@H]1C(=O)O.CC(C)(C)OC(=O)N1CC=C[C@H]1CCO.COC(=O)C[C@@H]1C=CCN1C(=O)OC(C)(C)C. The summed E-state index contributed by atoms with van der Waals surface area (Å²) in [6, 6.07) is -1.65. The Kier molecular flexibility index (Phi) is 20.9. The fourth-order valence-corrected chi connectivity index (χ4v) is 5.65. The number of amides is 4. The van der Waals surface area contributed by atoms with Crippen molar-refractivity contribution in [1.29, 1.82) is 0 Å². The lowest BCUT2D eigenvalue weighted by atomic mass is 10.2. The van der Waals surface area contributed by atoms with Gasteiger partial charge in [-0.05, 0) is 96.4 Å². The van der Waals surface area contributed by atoms with Gasteiger partial charge in [-0.2, -0.15) is 0 Å². The number of carboxylic acid groups (broad SMARTS) is 1. The number of carbonyl (C=O) groups excluding carboxylic acids is 6. The van der Waals surface area contributed by atoms with Gasteiger partial charge >= 0.3 is 36.3 Å². The van der Waals surface area contributed by atoms with Gasteiger partial charge in [0.1, 0.15) is 28.4 Å². The van der Waals surface area contributed by atoms with E-state index < -0.39 is 58.7 Å². The second-order valence-corrected chi connectivity index (χ2v) is 18.5. The molecule has 4 atom stereocenters. The van der Waals surface area contributed by atoms with E-state index >= 15 is 0 Å². The van der Waals surface area contributed by atoms with Crippen molar-refractivity contribution in [3.63, 3.8) is 0 Å². The predicted octanol–water partition coefficient (Wildman–Crippen LogP) is 6.27. The lowest BCUT2D eigenvalue weighted by Gasteiger charge is -2.28. The molecule has 62 heavy (non-hydrogen) atoms. The fourth-order valence-electron chi connectivity index (χ4n) is 5.65. The first-order chi connectivity index (χ1) is 28.4. The van der Waals surface area contributed by atoms with Gasteiger partial charge in [-0.25, -0.2) is 24.0 Å². The van der Waals surface area contributed by atoms with Crippen molar-refractivity contribution in [2.75, 3.05) is 39.9 Å². The Labute approximate surface area is 366 Å². The third kappa shape index (κ3) is 20.4. The molecule has 4 heterocycles. The summed E-state index contributed by atoms with van der Waals surface area (Å²) in [4.78, 5) is 85.8. The number of carboxylic acids is 1. The quantitative estimate of drug-likeness (QED) is 0.171. The Morgan fingerprint density at radius 2 is 0.855 bits per heavy atom. The molecule has 4 aliphatic rings. The van der Waals surface area contributed by atoms with Crippen LogP contribution in [0.25, 0.3) is 0 Å². The van der Waals surface area contributed by atoms with Crippen LogP contribution in [0.3, 0.4) is 0 Å². The Bertz CT molecular complexity index is 1610. The van der Waals surface area contributed by atoms with Gasteiger partial charge in [-0.1, -0.05) is 48.6 Å². The minimum absolute atomic E-state index is 0.0233. The number of hydrogen-bond donors (Lipinski definition) is 2. The molecule has 0 saturated heterocycles. The molecule has 0 aliphatic carbocycles. The average molecular weight is 879 g/mol. The molecule has 18 nitrogen and oxygen atoms in total. The number of aliphatic hydroxyl groups excluding tert-OH is 1. The van der Waals surface area contributed by atoms with Crippen molar-refractivity contribution in [2.45, 2.75) is 149 Å². The van der Waals surface area contributed by atoms with Crippen molar-refractivity contribution < 1.29 is 67.5 Å². The van der Waals surface area contributed by atoms with E-state index in [9.17, 15) is 33.6 Å². The first-order valence-electron chi connectivity index (χ1n) is 20.5. The van der Waals surface area contributed by atoms with Gasteiger partial charge in [0.15, 0.2) is 11.8 Å². The normalized spacial score (nSPS) is 20.2. The number of hydrogen-bond acceptors (Lipinski definition) is 13. The van der Waals surface area contributed by atoms with Gasteiger partial charge < -0.3 is 33.9 Å². The zero-order valence-electron chi connectivity index (χ0n) is 39.0. The Balaban J connectivity index is 0.000000414. The molecule has 4 amide bonds. The summed E-state index contributed by atoms with van der Waals surface area (Å²) in [6.07, 6.45) is 13.1. The van der Waals surface area contributed by atoms with Crippen LogP contribution in [0.5, 0.6) is 0 Å². The maximum atomic E-state index is 11.9. The number of aliphatic hydroxyl groups is 1. The molecule has 18 heteroatoms. The van der Waals surface area contributed by atoms with E-state index in [0.29, 0.717) is 26.1 Å². The van der Waals surface area contributed by atoms with Gasteiger partial charge in [-0.3, -0.25) is 29.2 Å². The Morgan fingerprint density at radius 1 is 0.532 bits per heavy atom. The number of carbonyl (C=O) groups is 7. The molecule has 0 fully saturated rings. The van der Waals surface area contributed by atoms with E-state index in [1.807, 2.05) is 65.8 Å². The highest BCUT2D eigenvalue weighted by molar-refractivity contribution is 5.88. The van der Waals surface area contributed by atoms with E-state index in [1.54, 1.807) is 64.7 Å². The molecule has 0 spiro atoms. The maximum Gasteiger partial charge on any atom is 0.411 e. The molecule has 0 bridgehead atoms. The van der Waals surface area contributed by atoms with Crippen molar-refractivity contribution in [1.82, 2.24) is 19.6 Å². The summed E-state index contributed by atoms with van der Waals surface area (Å²) >= 11 is 0. The van der Waals surface area contributed by atoms with Crippen LogP contribution >= 0.6 is 0 Å². The van der Waals surface area contributed by atoms with E-state index in [0.717, 1.165) is 0 Å². The lowest BCUT2D eigenvalue weighted by molar-refractivity contribution is -0.142. The van der Waals surface area contributed by atoms with Crippen molar-refractivity contribution in [3.8, 4) is 0 Å². The topological polar surface area (TPSA) is 219 Å². The van der Waals surface area contributed by atoms with Crippen LogP contribution in [0, 0.1) is 0 Å². The molecule has 4 aliphatic heterocycles. The summed E-state index contributed by atoms with van der Waals surface area (Å²) in [5, 5.41) is 17.7. The first-order valence-corrected chi connectivity index (χ1v) is 20.5. The number of methoxy groups -OCH3 is 1.